The van der Waals surface area contributed by atoms with Gasteiger partial charge in [-0.2, -0.15) is 0 Å². The monoisotopic (exact) mass is 577 g/mol. The molecular weight excluding hydrogens is 545 g/mol. The van der Waals surface area contributed by atoms with Crippen molar-refractivity contribution >= 4 is 11.6 Å². The van der Waals surface area contributed by atoms with E-state index in [-0.39, 0.29) is 6.10 Å². The highest BCUT2D eigenvalue weighted by atomic mass is 35.5. The van der Waals surface area contributed by atoms with Crippen LogP contribution in [0.4, 0.5) is 4.39 Å². The number of rotatable bonds is 7. The van der Waals surface area contributed by atoms with Crippen LogP contribution in [-0.2, 0) is 23.6 Å². The lowest BCUT2D eigenvalue weighted by Crippen LogP contribution is -2.35. The molecule has 0 bridgehead atoms. The summed E-state index contributed by atoms with van der Waals surface area (Å²) in [5.41, 5.74) is 3.44. The van der Waals surface area contributed by atoms with Crippen molar-refractivity contribution in [3.05, 3.63) is 88.3 Å². The highest BCUT2D eigenvalue weighted by molar-refractivity contribution is 6.30. The summed E-state index contributed by atoms with van der Waals surface area (Å²) in [6, 6.07) is 14.4. The average Bonchev–Trinajstić information content (AvgIpc) is 3.65. The van der Waals surface area contributed by atoms with Crippen LogP contribution in [0.15, 0.2) is 59.2 Å². The van der Waals surface area contributed by atoms with Gasteiger partial charge in [0.15, 0.2) is 17.3 Å². The number of hydrogen-bond donors (Lipinski definition) is 0. The van der Waals surface area contributed by atoms with Gasteiger partial charge in [0, 0.05) is 29.8 Å². The molecular formula is C32H33ClFN3O4. The summed E-state index contributed by atoms with van der Waals surface area (Å²) in [7, 11) is 0. The molecule has 9 heteroatoms. The smallest absolute Gasteiger partial charge is 0.278 e. The fourth-order valence-corrected chi connectivity index (χ4v) is 6.43. The van der Waals surface area contributed by atoms with E-state index in [9.17, 15) is 4.39 Å². The first kappa shape index (κ1) is 26.6. The van der Waals surface area contributed by atoms with E-state index in [0.717, 1.165) is 80.6 Å². The van der Waals surface area contributed by atoms with Crippen LogP contribution in [0.25, 0.3) is 11.5 Å². The molecule has 214 valence electrons. The van der Waals surface area contributed by atoms with E-state index in [4.69, 9.17) is 35.2 Å². The standard InChI is InChI=1S/C32H33ClFN3O4/c1-20-30(27-7-4-15-39-27)35-29(37(20)18-23-12-16-38-23)19-36-13-10-21(11-14-36)24-5-3-6-28-31(24)41-32(2,40-28)25-9-8-22(33)17-26(25)34/h3-9,15,17,21,23H,10-14,16,18-19H2,1-2H3/t23-,32-/m0/s1. The molecule has 7 nitrogen and oxygen atoms in total. The fraction of sp³-hybridized carbons (Fsp3) is 0.406. The number of furan rings is 1. The van der Waals surface area contributed by atoms with Crippen LogP contribution < -0.4 is 9.47 Å². The zero-order chi connectivity index (χ0) is 28.1. The number of fused-ring (bicyclic) bond motifs is 1. The molecule has 5 heterocycles. The molecule has 0 saturated carbocycles. The van der Waals surface area contributed by atoms with Crippen LogP contribution >= 0.6 is 11.6 Å². The maximum absolute atomic E-state index is 14.8. The Hall–Kier alpha value is -3.33. The normalized spacial score (nSPS) is 22.7. The molecule has 2 aromatic carbocycles. The van der Waals surface area contributed by atoms with E-state index in [1.54, 1.807) is 25.3 Å². The molecule has 2 saturated heterocycles. The van der Waals surface area contributed by atoms with E-state index in [1.807, 2.05) is 24.3 Å². The second-order valence-electron chi connectivity index (χ2n) is 11.3. The molecule has 3 aliphatic heterocycles. The summed E-state index contributed by atoms with van der Waals surface area (Å²) in [6.07, 6.45) is 4.96. The van der Waals surface area contributed by atoms with E-state index >= 15 is 0 Å². The number of para-hydroxylation sites is 1. The molecule has 0 radical (unpaired) electrons. The molecule has 0 spiro atoms. The maximum Gasteiger partial charge on any atom is 0.278 e. The highest BCUT2D eigenvalue weighted by Gasteiger charge is 2.43. The van der Waals surface area contributed by atoms with Gasteiger partial charge < -0.3 is 23.2 Å². The maximum atomic E-state index is 14.8. The van der Waals surface area contributed by atoms with Crippen molar-refractivity contribution in [3.63, 3.8) is 0 Å². The predicted octanol–water partition coefficient (Wildman–Crippen LogP) is 7.06. The molecule has 7 rings (SSSR count). The number of aromatic nitrogens is 2. The molecule has 0 N–H and O–H groups in total. The van der Waals surface area contributed by atoms with E-state index in [2.05, 4.69) is 22.5 Å². The SMILES string of the molecule is Cc1c(-c2ccco2)nc(CN2CCC(c3cccc4c3O[C@@](C)(c3ccc(Cl)cc3F)O4)CC2)n1C[C@@H]1CCO1. The van der Waals surface area contributed by atoms with Crippen molar-refractivity contribution in [2.75, 3.05) is 19.7 Å². The van der Waals surface area contributed by atoms with Crippen LogP contribution in [-0.4, -0.2) is 40.3 Å². The Balaban J connectivity index is 1.07. The minimum absolute atomic E-state index is 0.242. The molecule has 0 aliphatic carbocycles. The number of nitrogens with zero attached hydrogens (tertiary/aromatic N) is 3. The van der Waals surface area contributed by atoms with Crippen molar-refractivity contribution in [1.82, 2.24) is 14.5 Å². The van der Waals surface area contributed by atoms with Gasteiger partial charge in [-0.15, -0.1) is 0 Å². The van der Waals surface area contributed by atoms with Gasteiger partial charge in [0.2, 0.25) is 0 Å². The average molecular weight is 578 g/mol. The Morgan fingerprint density at radius 2 is 1.90 bits per heavy atom. The zero-order valence-corrected chi connectivity index (χ0v) is 24.0. The van der Waals surface area contributed by atoms with Gasteiger partial charge in [-0.05, 0) is 81.6 Å². The molecule has 0 unspecified atom stereocenters. The zero-order valence-electron chi connectivity index (χ0n) is 23.2. The molecule has 2 fully saturated rings. The second-order valence-corrected chi connectivity index (χ2v) is 11.8. The summed E-state index contributed by atoms with van der Waals surface area (Å²) >= 11 is 5.98. The van der Waals surface area contributed by atoms with E-state index in [1.165, 1.54) is 6.07 Å². The van der Waals surface area contributed by atoms with Crippen LogP contribution in [0.5, 0.6) is 11.5 Å². The van der Waals surface area contributed by atoms with Crippen molar-refractivity contribution in [2.24, 2.45) is 0 Å². The number of imidazole rings is 1. The molecule has 3 aliphatic rings. The number of likely N-dealkylation sites (tertiary alicyclic amines) is 1. The van der Waals surface area contributed by atoms with Crippen molar-refractivity contribution in [2.45, 2.75) is 64.0 Å². The molecule has 4 aromatic rings. The van der Waals surface area contributed by atoms with Crippen LogP contribution in [0, 0.1) is 12.7 Å². The van der Waals surface area contributed by atoms with Crippen molar-refractivity contribution in [1.29, 1.82) is 0 Å². The summed E-state index contributed by atoms with van der Waals surface area (Å²) in [5.74, 6) is 1.79. The van der Waals surface area contributed by atoms with Crippen LogP contribution in [0.1, 0.15) is 54.7 Å². The fourth-order valence-electron chi connectivity index (χ4n) is 6.27. The lowest BCUT2D eigenvalue weighted by atomic mass is 9.88. The first-order valence-electron chi connectivity index (χ1n) is 14.3. The quantitative estimate of drug-likeness (QED) is 0.234. The summed E-state index contributed by atoms with van der Waals surface area (Å²) in [4.78, 5) is 7.50. The minimum Gasteiger partial charge on any atom is -0.463 e. The van der Waals surface area contributed by atoms with Gasteiger partial charge >= 0.3 is 0 Å². The molecule has 2 atom stereocenters. The van der Waals surface area contributed by atoms with Gasteiger partial charge in [-0.25, -0.2) is 9.37 Å². The molecule has 0 amide bonds. The number of hydrogen-bond acceptors (Lipinski definition) is 6. The van der Waals surface area contributed by atoms with Gasteiger partial charge in [-0.3, -0.25) is 4.90 Å². The van der Waals surface area contributed by atoms with Gasteiger partial charge in [0.25, 0.3) is 5.79 Å². The second kappa shape index (κ2) is 10.5. The highest BCUT2D eigenvalue weighted by Crippen LogP contribution is 2.50. The third-order valence-corrected chi connectivity index (χ3v) is 8.89. The third-order valence-electron chi connectivity index (χ3n) is 8.66. The van der Waals surface area contributed by atoms with E-state index < -0.39 is 11.6 Å². The number of halogens is 2. The Morgan fingerprint density at radius 1 is 1.07 bits per heavy atom. The van der Waals surface area contributed by atoms with Crippen LogP contribution in [0.3, 0.4) is 0 Å². The van der Waals surface area contributed by atoms with Crippen molar-refractivity contribution in [3.8, 4) is 23.0 Å². The Kier molecular flexibility index (Phi) is 6.80. The number of ether oxygens (including phenoxy) is 3. The Bertz CT molecular complexity index is 1560. The largest absolute Gasteiger partial charge is 0.463 e. The number of benzene rings is 2. The molecule has 41 heavy (non-hydrogen) atoms. The Morgan fingerprint density at radius 3 is 2.61 bits per heavy atom. The van der Waals surface area contributed by atoms with Gasteiger partial charge in [0.1, 0.15) is 17.3 Å². The van der Waals surface area contributed by atoms with Crippen molar-refractivity contribution < 1.29 is 23.0 Å². The van der Waals surface area contributed by atoms with Crippen LogP contribution in [0.2, 0.25) is 5.02 Å². The summed E-state index contributed by atoms with van der Waals surface area (Å²) in [5, 5.41) is 0.337. The minimum atomic E-state index is -1.25. The predicted molar refractivity (Wildman–Crippen MR) is 153 cm³/mol. The lowest BCUT2D eigenvalue weighted by molar-refractivity contribution is -0.0712. The number of piperidine rings is 1. The lowest BCUT2D eigenvalue weighted by Gasteiger charge is -2.33. The first-order chi connectivity index (χ1) is 19.9. The van der Waals surface area contributed by atoms with E-state index in [0.29, 0.717) is 28.0 Å². The van der Waals surface area contributed by atoms with Gasteiger partial charge in [0.05, 0.1) is 31.0 Å². The molecule has 2 aromatic heterocycles. The Labute approximate surface area is 243 Å². The first-order valence-corrected chi connectivity index (χ1v) is 14.7. The van der Waals surface area contributed by atoms with Gasteiger partial charge in [-0.1, -0.05) is 23.7 Å². The summed E-state index contributed by atoms with van der Waals surface area (Å²) in [6.45, 7) is 8.13. The topological polar surface area (TPSA) is 61.9 Å². The summed E-state index contributed by atoms with van der Waals surface area (Å²) < 4.78 is 41.1. The third kappa shape index (κ3) is 4.92.